The molecule has 10 heteroatoms. The Balaban J connectivity index is 2.44. The number of nitrogens with zero attached hydrogens (tertiary/aromatic N) is 3. The molecule has 110 valence electrons. The predicted octanol–water partition coefficient (Wildman–Crippen LogP) is 1.16. The Kier molecular flexibility index (Phi) is 3.72. The van der Waals surface area contributed by atoms with Crippen LogP contribution in [0.5, 0.6) is 11.6 Å². The lowest BCUT2D eigenvalue weighted by Gasteiger charge is -2.07. The lowest BCUT2D eigenvalue weighted by molar-refractivity contribution is -0.385. The molecule has 0 fully saturated rings. The predicted molar refractivity (Wildman–Crippen MR) is 72.7 cm³/mol. The monoisotopic (exact) mass is 310 g/mol. The second kappa shape index (κ2) is 5.32. The maximum Gasteiger partial charge on any atom is 0.372 e. The normalized spacial score (nSPS) is 11.1. The standard InChI is InChI=1S/C11H10N4O5S/c1-21(18,19)8-4-2-3-7(5-8)20-11-9(15(16)17)10(12)13-6-14-11/h2-6H,1H3,(H2,12,13,14). The van der Waals surface area contributed by atoms with Gasteiger partial charge >= 0.3 is 11.6 Å². The van der Waals surface area contributed by atoms with Gasteiger partial charge in [0.05, 0.1) is 9.82 Å². The summed E-state index contributed by atoms with van der Waals surface area (Å²) >= 11 is 0. The molecule has 0 amide bonds. The topological polar surface area (TPSA) is 138 Å². The molecule has 2 rings (SSSR count). The molecule has 2 aromatic rings. The minimum absolute atomic E-state index is 0.0182. The van der Waals surface area contributed by atoms with E-state index in [-0.39, 0.29) is 22.3 Å². The van der Waals surface area contributed by atoms with Crippen LogP contribution in [0.4, 0.5) is 11.5 Å². The Bertz CT molecular complexity index is 806. The van der Waals surface area contributed by atoms with Crippen LogP contribution in [-0.2, 0) is 9.84 Å². The molecule has 0 radical (unpaired) electrons. The van der Waals surface area contributed by atoms with Crippen molar-refractivity contribution in [2.45, 2.75) is 4.90 Å². The smallest absolute Gasteiger partial charge is 0.372 e. The Labute approximate surface area is 119 Å². The third-order valence-corrected chi connectivity index (χ3v) is 3.56. The van der Waals surface area contributed by atoms with Gasteiger partial charge in [-0.2, -0.15) is 4.98 Å². The number of sulfone groups is 1. The molecular formula is C11H10N4O5S. The van der Waals surface area contributed by atoms with Gasteiger partial charge in [0.15, 0.2) is 9.84 Å². The number of anilines is 1. The van der Waals surface area contributed by atoms with Crippen molar-refractivity contribution in [2.24, 2.45) is 0 Å². The van der Waals surface area contributed by atoms with E-state index in [2.05, 4.69) is 9.97 Å². The second-order valence-electron chi connectivity index (χ2n) is 4.02. The largest absolute Gasteiger partial charge is 0.434 e. The Morgan fingerprint density at radius 2 is 2.05 bits per heavy atom. The van der Waals surface area contributed by atoms with E-state index in [0.29, 0.717) is 0 Å². The Morgan fingerprint density at radius 3 is 2.67 bits per heavy atom. The van der Waals surface area contributed by atoms with Crippen LogP contribution in [0, 0.1) is 10.1 Å². The lowest BCUT2D eigenvalue weighted by atomic mass is 10.3. The lowest BCUT2D eigenvalue weighted by Crippen LogP contribution is -2.03. The summed E-state index contributed by atoms with van der Waals surface area (Å²) in [5.41, 5.74) is 4.83. The van der Waals surface area contributed by atoms with Crippen molar-refractivity contribution in [2.75, 3.05) is 12.0 Å². The van der Waals surface area contributed by atoms with Crippen molar-refractivity contribution in [3.8, 4) is 11.6 Å². The molecule has 0 aliphatic heterocycles. The maximum atomic E-state index is 11.5. The second-order valence-corrected chi connectivity index (χ2v) is 6.03. The van der Waals surface area contributed by atoms with Gasteiger partial charge in [0.2, 0.25) is 5.82 Å². The van der Waals surface area contributed by atoms with Crippen LogP contribution < -0.4 is 10.5 Å². The number of ether oxygens (including phenoxy) is 1. The first kappa shape index (κ1) is 14.7. The zero-order valence-electron chi connectivity index (χ0n) is 10.8. The fourth-order valence-electron chi connectivity index (χ4n) is 1.50. The van der Waals surface area contributed by atoms with Crippen molar-refractivity contribution >= 4 is 21.3 Å². The molecule has 0 saturated heterocycles. The van der Waals surface area contributed by atoms with Gasteiger partial charge in [-0.1, -0.05) is 6.07 Å². The molecule has 0 unspecified atom stereocenters. The summed E-state index contributed by atoms with van der Waals surface area (Å²) in [5.74, 6) is -0.624. The van der Waals surface area contributed by atoms with Crippen LogP contribution in [0.25, 0.3) is 0 Å². The van der Waals surface area contributed by atoms with E-state index in [1.165, 1.54) is 24.3 Å². The van der Waals surface area contributed by atoms with E-state index in [4.69, 9.17) is 10.5 Å². The van der Waals surface area contributed by atoms with Gasteiger partial charge in [-0.05, 0) is 18.2 Å². The highest BCUT2D eigenvalue weighted by Gasteiger charge is 2.23. The highest BCUT2D eigenvalue weighted by atomic mass is 32.2. The van der Waals surface area contributed by atoms with Crippen molar-refractivity contribution in [1.82, 2.24) is 9.97 Å². The summed E-state index contributed by atoms with van der Waals surface area (Å²) in [7, 11) is -3.42. The van der Waals surface area contributed by atoms with Crippen LogP contribution in [0.15, 0.2) is 35.5 Å². The van der Waals surface area contributed by atoms with Crippen LogP contribution in [0.2, 0.25) is 0 Å². The van der Waals surface area contributed by atoms with Crippen molar-refractivity contribution in [1.29, 1.82) is 0 Å². The van der Waals surface area contributed by atoms with Crippen molar-refractivity contribution in [3.63, 3.8) is 0 Å². The number of benzene rings is 1. The number of hydrogen-bond acceptors (Lipinski definition) is 8. The van der Waals surface area contributed by atoms with Gasteiger partial charge in [0.25, 0.3) is 0 Å². The number of rotatable bonds is 4. The van der Waals surface area contributed by atoms with Crippen LogP contribution in [0.3, 0.4) is 0 Å². The Hall–Kier alpha value is -2.75. The number of aromatic nitrogens is 2. The van der Waals surface area contributed by atoms with E-state index in [1.807, 2.05) is 0 Å². The van der Waals surface area contributed by atoms with Crippen molar-refractivity contribution < 1.29 is 18.1 Å². The zero-order valence-corrected chi connectivity index (χ0v) is 11.6. The maximum absolute atomic E-state index is 11.5. The first-order valence-electron chi connectivity index (χ1n) is 5.52. The number of nitro groups is 1. The molecule has 2 N–H and O–H groups in total. The van der Waals surface area contributed by atoms with E-state index in [0.717, 1.165) is 12.6 Å². The third-order valence-electron chi connectivity index (χ3n) is 2.45. The molecule has 1 aromatic heterocycles. The van der Waals surface area contributed by atoms with E-state index in [9.17, 15) is 18.5 Å². The SMILES string of the molecule is CS(=O)(=O)c1cccc(Oc2ncnc(N)c2[N+](=O)[O-])c1. The first-order chi connectivity index (χ1) is 9.79. The number of nitrogens with two attached hydrogens (primary N) is 1. The molecule has 1 aromatic carbocycles. The summed E-state index contributed by atoms with van der Waals surface area (Å²) < 4.78 is 28.2. The highest BCUT2D eigenvalue weighted by molar-refractivity contribution is 7.90. The quantitative estimate of drug-likeness (QED) is 0.655. The van der Waals surface area contributed by atoms with E-state index < -0.39 is 20.4 Å². The average Bonchev–Trinajstić information content (AvgIpc) is 2.37. The molecule has 0 bridgehead atoms. The fraction of sp³-hybridized carbons (Fsp3) is 0.0909. The minimum Gasteiger partial charge on any atom is -0.434 e. The van der Waals surface area contributed by atoms with E-state index in [1.54, 1.807) is 0 Å². The molecule has 0 atom stereocenters. The summed E-state index contributed by atoms with van der Waals surface area (Å²) in [6.07, 6.45) is 2.05. The summed E-state index contributed by atoms with van der Waals surface area (Å²) in [5, 5.41) is 10.9. The molecule has 0 saturated carbocycles. The molecule has 1 heterocycles. The summed E-state index contributed by atoms with van der Waals surface area (Å²) in [6, 6.07) is 5.50. The van der Waals surface area contributed by atoms with Crippen LogP contribution >= 0.6 is 0 Å². The number of hydrogen-bond donors (Lipinski definition) is 1. The molecular weight excluding hydrogens is 300 g/mol. The Morgan fingerprint density at radius 1 is 1.33 bits per heavy atom. The molecule has 0 spiro atoms. The van der Waals surface area contributed by atoms with Gasteiger partial charge in [-0.25, -0.2) is 13.4 Å². The highest BCUT2D eigenvalue weighted by Crippen LogP contribution is 2.32. The molecule has 21 heavy (non-hydrogen) atoms. The van der Waals surface area contributed by atoms with Gasteiger partial charge in [0.1, 0.15) is 12.1 Å². The van der Waals surface area contributed by atoms with Gasteiger partial charge in [-0.3, -0.25) is 10.1 Å². The first-order valence-corrected chi connectivity index (χ1v) is 7.41. The summed E-state index contributed by atoms with van der Waals surface area (Å²) in [6.45, 7) is 0. The third kappa shape index (κ3) is 3.23. The van der Waals surface area contributed by atoms with Gasteiger partial charge in [0, 0.05) is 6.26 Å². The molecule has 0 aliphatic rings. The summed E-state index contributed by atoms with van der Waals surface area (Å²) in [4.78, 5) is 17.3. The van der Waals surface area contributed by atoms with Crippen LogP contribution in [-0.4, -0.2) is 29.6 Å². The zero-order chi connectivity index (χ0) is 15.6. The van der Waals surface area contributed by atoms with Crippen molar-refractivity contribution in [3.05, 3.63) is 40.7 Å². The van der Waals surface area contributed by atoms with Gasteiger partial charge < -0.3 is 10.5 Å². The average molecular weight is 310 g/mol. The minimum atomic E-state index is -3.42. The fourth-order valence-corrected chi connectivity index (χ4v) is 2.16. The molecule has 9 nitrogen and oxygen atoms in total. The van der Waals surface area contributed by atoms with Gasteiger partial charge in [-0.15, -0.1) is 0 Å². The molecule has 0 aliphatic carbocycles. The van der Waals surface area contributed by atoms with Crippen LogP contribution in [0.1, 0.15) is 0 Å². The van der Waals surface area contributed by atoms with E-state index >= 15 is 0 Å². The number of nitrogen functional groups attached to an aromatic ring is 1.